The molecule has 0 spiro atoms. The molecule has 13 heavy (non-hydrogen) atoms. The number of aliphatic hydroxyl groups excluding tert-OH is 1. The molecule has 1 saturated carbocycles. The predicted octanol–water partition coefficient (Wildman–Crippen LogP) is 1.02. The van der Waals surface area contributed by atoms with Gasteiger partial charge in [0, 0.05) is 6.42 Å². The molecule has 3 heteroatoms. The maximum atomic E-state index is 11.3. The maximum Gasteiger partial charge on any atom is 0.167 e. The van der Waals surface area contributed by atoms with Gasteiger partial charge >= 0.3 is 0 Å². The molecule has 1 fully saturated rings. The lowest BCUT2D eigenvalue weighted by molar-refractivity contribution is -0.145. The topological polar surface area (TPSA) is 57.5 Å². The van der Waals surface area contributed by atoms with Gasteiger partial charge < -0.3 is 10.2 Å². The Morgan fingerprint density at radius 3 is 2.77 bits per heavy atom. The standard InChI is InChI=1S/C10H18O3/c1-2-3-5-8(11)10(13)7-4-6-9(10)12/h8,11,13H,2-7H2,1H3. The van der Waals surface area contributed by atoms with Crippen molar-refractivity contribution in [2.75, 3.05) is 0 Å². The Bertz CT molecular complexity index is 191. The van der Waals surface area contributed by atoms with Gasteiger partial charge in [0.05, 0.1) is 6.10 Å². The molecule has 2 N–H and O–H groups in total. The highest BCUT2D eigenvalue weighted by Crippen LogP contribution is 2.31. The molecule has 1 aliphatic rings. The van der Waals surface area contributed by atoms with E-state index in [0.29, 0.717) is 25.7 Å². The molecule has 0 aromatic rings. The first kappa shape index (κ1) is 10.7. The monoisotopic (exact) mass is 186 g/mol. The van der Waals surface area contributed by atoms with Gasteiger partial charge in [0.15, 0.2) is 5.78 Å². The highest BCUT2D eigenvalue weighted by atomic mass is 16.3. The molecule has 0 aliphatic heterocycles. The van der Waals surface area contributed by atoms with Crippen LogP contribution in [0.4, 0.5) is 0 Å². The Morgan fingerprint density at radius 2 is 2.31 bits per heavy atom. The number of aliphatic hydroxyl groups is 2. The molecule has 76 valence electrons. The van der Waals surface area contributed by atoms with Gasteiger partial charge in [0.1, 0.15) is 5.60 Å². The van der Waals surface area contributed by atoms with Crippen LogP contribution in [0.5, 0.6) is 0 Å². The average Bonchev–Trinajstić information content (AvgIpc) is 2.44. The second-order valence-corrected chi connectivity index (χ2v) is 3.86. The molecule has 0 aromatic carbocycles. The summed E-state index contributed by atoms with van der Waals surface area (Å²) in [6, 6.07) is 0. The van der Waals surface area contributed by atoms with Crippen LogP contribution in [0.15, 0.2) is 0 Å². The summed E-state index contributed by atoms with van der Waals surface area (Å²) in [6.07, 6.45) is 3.05. The van der Waals surface area contributed by atoms with Gasteiger partial charge in [0.2, 0.25) is 0 Å². The smallest absolute Gasteiger partial charge is 0.167 e. The third kappa shape index (κ3) is 2.09. The van der Waals surface area contributed by atoms with E-state index in [0.717, 1.165) is 12.8 Å². The van der Waals surface area contributed by atoms with E-state index < -0.39 is 11.7 Å². The van der Waals surface area contributed by atoms with Crippen molar-refractivity contribution >= 4 is 5.78 Å². The van der Waals surface area contributed by atoms with Crippen molar-refractivity contribution in [2.24, 2.45) is 0 Å². The Balaban J connectivity index is 2.52. The van der Waals surface area contributed by atoms with Gasteiger partial charge in [-0.2, -0.15) is 0 Å². The van der Waals surface area contributed by atoms with E-state index in [1.807, 2.05) is 6.92 Å². The van der Waals surface area contributed by atoms with E-state index in [4.69, 9.17) is 0 Å². The number of hydrogen-bond donors (Lipinski definition) is 2. The van der Waals surface area contributed by atoms with Crippen LogP contribution < -0.4 is 0 Å². The van der Waals surface area contributed by atoms with Gasteiger partial charge in [-0.15, -0.1) is 0 Å². The summed E-state index contributed by atoms with van der Waals surface area (Å²) < 4.78 is 0. The molecule has 0 aromatic heterocycles. The fourth-order valence-electron chi connectivity index (χ4n) is 1.86. The third-order valence-corrected chi connectivity index (χ3v) is 2.83. The van der Waals surface area contributed by atoms with E-state index in [1.54, 1.807) is 0 Å². The molecule has 3 nitrogen and oxygen atoms in total. The van der Waals surface area contributed by atoms with Crippen molar-refractivity contribution < 1.29 is 15.0 Å². The zero-order valence-corrected chi connectivity index (χ0v) is 8.12. The molecule has 1 aliphatic carbocycles. The van der Waals surface area contributed by atoms with E-state index in [2.05, 4.69) is 0 Å². The minimum atomic E-state index is -1.42. The van der Waals surface area contributed by atoms with E-state index in [1.165, 1.54) is 0 Å². The van der Waals surface area contributed by atoms with Crippen LogP contribution in [0, 0.1) is 0 Å². The van der Waals surface area contributed by atoms with Crippen molar-refractivity contribution in [3.63, 3.8) is 0 Å². The second kappa shape index (κ2) is 4.20. The number of rotatable bonds is 4. The highest BCUT2D eigenvalue weighted by Gasteiger charge is 2.45. The van der Waals surface area contributed by atoms with Gasteiger partial charge in [-0.25, -0.2) is 0 Å². The molecule has 0 heterocycles. The number of Topliss-reactive ketones (excluding diaryl/α,β-unsaturated/α-hetero) is 1. The number of ketones is 1. The Labute approximate surface area is 78.8 Å². The first-order valence-corrected chi connectivity index (χ1v) is 5.05. The average molecular weight is 186 g/mol. The van der Waals surface area contributed by atoms with Crippen molar-refractivity contribution in [1.82, 2.24) is 0 Å². The number of hydrogen-bond acceptors (Lipinski definition) is 3. The van der Waals surface area contributed by atoms with Crippen molar-refractivity contribution in [2.45, 2.75) is 57.2 Å². The SMILES string of the molecule is CCCCC(O)C1(O)CCCC1=O. The molecule has 0 amide bonds. The normalized spacial score (nSPS) is 30.8. The Kier molecular flexibility index (Phi) is 3.45. The van der Waals surface area contributed by atoms with E-state index in [-0.39, 0.29) is 5.78 Å². The molecule has 0 radical (unpaired) electrons. The summed E-state index contributed by atoms with van der Waals surface area (Å²) in [7, 11) is 0. The molecular weight excluding hydrogens is 168 g/mol. The number of unbranched alkanes of at least 4 members (excludes halogenated alkanes) is 1. The van der Waals surface area contributed by atoms with Crippen LogP contribution in [-0.2, 0) is 4.79 Å². The van der Waals surface area contributed by atoms with Crippen LogP contribution >= 0.6 is 0 Å². The highest BCUT2D eigenvalue weighted by molar-refractivity contribution is 5.89. The van der Waals surface area contributed by atoms with Crippen molar-refractivity contribution in [3.8, 4) is 0 Å². The largest absolute Gasteiger partial charge is 0.390 e. The lowest BCUT2D eigenvalue weighted by atomic mass is 9.90. The second-order valence-electron chi connectivity index (χ2n) is 3.86. The summed E-state index contributed by atoms with van der Waals surface area (Å²) in [5.41, 5.74) is -1.42. The van der Waals surface area contributed by atoms with E-state index in [9.17, 15) is 15.0 Å². The van der Waals surface area contributed by atoms with Crippen LogP contribution in [0.1, 0.15) is 45.4 Å². The van der Waals surface area contributed by atoms with Gasteiger partial charge in [-0.3, -0.25) is 4.79 Å². The quantitative estimate of drug-likeness (QED) is 0.689. The van der Waals surface area contributed by atoms with Gasteiger partial charge in [0.25, 0.3) is 0 Å². The summed E-state index contributed by atoms with van der Waals surface area (Å²) in [6.45, 7) is 2.02. The van der Waals surface area contributed by atoms with Gasteiger partial charge in [-0.1, -0.05) is 19.8 Å². The fourth-order valence-corrected chi connectivity index (χ4v) is 1.86. The Morgan fingerprint density at radius 1 is 1.62 bits per heavy atom. The summed E-state index contributed by atoms with van der Waals surface area (Å²) in [5.74, 6) is -0.184. The first-order valence-electron chi connectivity index (χ1n) is 5.05. The van der Waals surface area contributed by atoms with Crippen LogP contribution in [0.25, 0.3) is 0 Å². The minimum absolute atomic E-state index is 0.184. The predicted molar refractivity (Wildman–Crippen MR) is 49.3 cm³/mol. The zero-order valence-electron chi connectivity index (χ0n) is 8.12. The van der Waals surface area contributed by atoms with Crippen LogP contribution in [0.3, 0.4) is 0 Å². The molecule has 0 saturated heterocycles. The lowest BCUT2D eigenvalue weighted by Gasteiger charge is -2.26. The van der Waals surface area contributed by atoms with Crippen LogP contribution in [-0.4, -0.2) is 27.7 Å². The number of carbonyl (C=O) groups is 1. The first-order chi connectivity index (χ1) is 6.11. The van der Waals surface area contributed by atoms with Crippen LogP contribution in [0.2, 0.25) is 0 Å². The zero-order chi connectivity index (χ0) is 9.90. The van der Waals surface area contributed by atoms with Gasteiger partial charge in [-0.05, 0) is 19.3 Å². The van der Waals surface area contributed by atoms with E-state index >= 15 is 0 Å². The lowest BCUT2D eigenvalue weighted by Crippen LogP contribution is -2.45. The van der Waals surface area contributed by atoms with Crippen molar-refractivity contribution in [3.05, 3.63) is 0 Å². The molecule has 2 atom stereocenters. The summed E-state index contributed by atoms with van der Waals surface area (Å²) in [4.78, 5) is 11.3. The van der Waals surface area contributed by atoms with Crippen molar-refractivity contribution in [1.29, 1.82) is 0 Å². The fraction of sp³-hybridized carbons (Fsp3) is 0.900. The minimum Gasteiger partial charge on any atom is -0.390 e. The molecule has 0 bridgehead atoms. The maximum absolute atomic E-state index is 11.3. The Hall–Kier alpha value is -0.410. The third-order valence-electron chi connectivity index (χ3n) is 2.83. The summed E-state index contributed by atoms with van der Waals surface area (Å²) in [5, 5.41) is 19.5. The molecular formula is C10H18O3. The molecule has 2 unspecified atom stereocenters. The molecule has 1 rings (SSSR count). The summed E-state index contributed by atoms with van der Waals surface area (Å²) >= 11 is 0. The number of carbonyl (C=O) groups excluding carboxylic acids is 1.